The van der Waals surface area contributed by atoms with Gasteiger partial charge in [-0.2, -0.15) is 0 Å². The Morgan fingerprint density at radius 2 is 1.85 bits per heavy atom. The van der Waals surface area contributed by atoms with Crippen molar-refractivity contribution in [1.29, 1.82) is 0 Å². The molecule has 2 atom stereocenters. The summed E-state index contributed by atoms with van der Waals surface area (Å²) in [6.07, 6.45) is 0. The van der Waals surface area contributed by atoms with E-state index in [4.69, 9.17) is 11.6 Å². The van der Waals surface area contributed by atoms with Gasteiger partial charge in [0.25, 0.3) is 5.91 Å². The predicted molar refractivity (Wildman–Crippen MR) is 101 cm³/mol. The minimum atomic E-state index is -0.876. The third-order valence-corrected chi connectivity index (χ3v) is 5.59. The van der Waals surface area contributed by atoms with Gasteiger partial charge in [-0.05, 0) is 44.5 Å². The highest BCUT2D eigenvalue weighted by molar-refractivity contribution is 6.30. The van der Waals surface area contributed by atoms with Gasteiger partial charge in [-0.1, -0.05) is 23.7 Å². The fraction of sp³-hybridized carbons (Fsp3) is 0.400. The second-order valence-corrected chi connectivity index (χ2v) is 7.28. The molecule has 0 unspecified atom stereocenters. The third kappa shape index (κ3) is 3.23. The largest absolute Gasteiger partial charge is 0.481 e. The van der Waals surface area contributed by atoms with Crippen LogP contribution in [-0.2, 0) is 11.3 Å². The van der Waals surface area contributed by atoms with Gasteiger partial charge in [-0.25, -0.2) is 0 Å². The monoisotopic (exact) mass is 374 g/mol. The molecule has 1 aromatic carbocycles. The number of aromatic nitrogens is 1. The van der Waals surface area contributed by atoms with E-state index < -0.39 is 11.9 Å². The van der Waals surface area contributed by atoms with Crippen LogP contribution in [0.5, 0.6) is 0 Å². The summed E-state index contributed by atoms with van der Waals surface area (Å²) in [6, 6.07) is 9.11. The van der Waals surface area contributed by atoms with E-state index in [-0.39, 0.29) is 18.4 Å². The van der Waals surface area contributed by atoms with Crippen LogP contribution in [0.4, 0.5) is 0 Å². The van der Waals surface area contributed by atoms with Crippen LogP contribution in [0.1, 0.15) is 40.2 Å². The Bertz CT molecular complexity index is 841. The molecule has 26 heavy (non-hydrogen) atoms. The Hall–Kier alpha value is -2.27. The van der Waals surface area contributed by atoms with Gasteiger partial charge < -0.3 is 14.6 Å². The van der Waals surface area contributed by atoms with Gasteiger partial charge in [0.1, 0.15) is 0 Å². The molecule has 6 heteroatoms. The second kappa shape index (κ2) is 7.16. The number of amides is 1. The van der Waals surface area contributed by atoms with Crippen LogP contribution in [0.15, 0.2) is 30.3 Å². The van der Waals surface area contributed by atoms with Crippen molar-refractivity contribution in [3.05, 3.63) is 57.9 Å². The summed E-state index contributed by atoms with van der Waals surface area (Å²) in [7, 11) is 0. The zero-order valence-electron chi connectivity index (χ0n) is 15.2. The Labute approximate surface area is 158 Å². The molecule has 5 nitrogen and oxygen atoms in total. The molecule has 2 heterocycles. The number of carboxylic acid groups (broad SMARTS) is 1. The molecule has 3 rings (SSSR count). The highest BCUT2D eigenvalue weighted by atomic mass is 35.5. The number of rotatable bonds is 4. The Morgan fingerprint density at radius 3 is 2.38 bits per heavy atom. The number of carbonyl (C=O) groups excluding carboxylic acids is 1. The maximum absolute atomic E-state index is 13.0. The molecule has 0 saturated carbocycles. The molecule has 1 aliphatic heterocycles. The SMILES string of the molecule is CCn1c(C)cc(C(=O)N2C[C@@H](C(=O)O)[C@H](c3ccc(Cl)cc3)C2)c1C. The van der Waals surface area contributed by atoms with E-state index in [1.54, 1.807) is 17.0 Å². The highest BCUT2D eigenvalue weighted by Gasteiger charge is 2.41. The minimum Gasteiger partial charge on any atom is -0.481 e. The number of carboxylic acids is 1. The van der Waals surface area contributed by atoms with E-state index >= 15 is 0 Å². The molecule has 1 saturated heterocycles. The zero-order valence-corrected chi connectivity index (χ0v) is 16.0. The summed E-state index contributed by atoms with van der Waals surface area (Å²) >= 11 is 5.94. The fourth-order valence-electron chi connectivity index (χ4n) is 3.94. The van der Waals surface area contributed by atoms with E-state index in [9.17, 15) is 14.7 Å². The van der Waals surface area contributed by atoms with E-state index in [1.165, 1.54) is 0 Å². The molecule has 0 bridgehead atoms. The summed E-state index contributed by atoms with van der Waals surface area (Å²) in [4.78, 5) is 26.5. The molecular weight excluding hydrogens is 352 g/mol. The molecule has 1 aliphatic rings. The van der Waals surface area contributed by atoms with E-state index in [2.05, 4.69) is 4.57 Å². The minimum absolute atomic E-state index is 0.0967. The molecule has 138 valence electrons. The van der Waals surface area contributed by atoms with Gasteiger partial charge >= 0.3 is 5.97 Å². The molecule has 1 N–H and O–H groups in total. The Kier molecular flexibility index (Phi) is 5.10. The predicted octanol–water partition coefficient (Wildman–Crippen LogP) is 3.72. The van der Waals surface area contributed by atoms with Gasteiger partial charge in [-0.3, -0.25) is 9.59 Å². The number of likely N-dealkylation sites (tertiary alicyclic amines) is 1. The van der Waals surface area contributed by atoms with Crippen molar-refractivity contribution < 1.29 is 14.7 Å². The number of hydrogen-bond acceptors (Lipinski definition) is 2. The Balaban J connectivity index is 1.89. The first-order valence-corrected chi connectivity index (χ1v) is 9.15. The molecule has 1 amide bonds. The first-order chi connectivity index (χ1) is 12.3. The second-order valence-electron chi connectivity index (χ2n) is 6.84. The number of aliphatic carboxylic acids is 1. The molecule has 2 aromatic rings. The fourth-order valence-corrected chi connectivity index (χ4v) is 4.07. The lowest BCUT2D eigenvalue weighted by Gasteiger charge is -2.17. The number of benzene rings is 1. The van der Waals surface area contributed by atoms with Crippen LogP contribution in [0.3, 0.4) is 0 Å². The van der Waals surface area contributed by atoms with Gasteiger partial charge in [0.15, 0.2) is 0 Å². The maximum atomic E-state index is 13.0. The van der Waals surface area contributed by atoms with Gasteiger partial charge in [0.2, 0.25) is 0 Å². The van der Waals surface area contributed by atoms with Crippen LogP contribution in [0, 0.1) is 19.8 Å². The third-order valence-electron chi connectivity index (χ3n) is 5.34. The van der Waals surface area contributed by atoms with Crippen LogP contribution < -0.4 is 0 Å². The smallest absolute Gasteiger partial charge is 0.308 e. The number of carbonyl (C=O) groups is 2. The highest BCUT2D eigenvalue weighted by Crippen LogP contribution is 2.34. The van der Waals surface area contributed by atoms with Crippen molar-refractivity contribution in [3.63, 3.8) is 0 Å². The Morgan fingerprint density at radius 1 is 1.19 bits per heavy atom. The van der Waals surface area contributed by atoms with Crippen LogP contribution in [-0.4, -0.2) is 39.5 Å². The zero-order chi connectivity index (χ0) is 19.0. The first-order valence-electron chi connectivity index (χ1n) is 8.77. The van der Waals surface area contributed by atoms with Crippen LogP contribution in [0.25, 0.3) is 0 Å². The molecule has 0 spiro atoms. The van der Waals surface area contributed by atoms with Crippen LogP contribution >= 0.6 is 11.6 Å². The average Bonchev–Trinajstić information content (AvgIpc) is 3.17. The number of nitrogens with zero attached hydrogens (tertiary/aromatic N) is 2. The molecule has 0 aliphatic carbocycles. The molecule has 0 radical (unpaired) electrons. The van der Waals surface area contributed by atoms with Crippen molar-refractivity contribution in [1.82, 2.24) is 9.47 Å². The summed E-state index contributed by atoms with van der Waals surface area (Å²) in [5, 5.41) is 10.3. The van der Waals surface area contributed by atoms with E-state index in [0.29, 0.717) is 17.1 Å². The van der Waals surface area contributed by atoms with Crippen molar-refractivity contribution in [2.45, 2.75) is 33.2 Å². The van der Waals surface area contributed by atoms with Crippen molar-refractivity contribution in [3.8, 4) is 0 Å². The number of aryl methyl sites for hydroxylation is 1. The lowest BCUT2D eigenvalue weighted by molar-refractivity contribution is -0.141. The summed E-state index contributed by atoms with van der Waals surface area (Å²) < 4.78 is 2.09. The summed E-state index contributed by atoms with van der Waals surface area (Å²) in [5.74, 6) is -1.82. The van der Waals surface area contributed by atoms with Gasteiger partial charge in [-0.15, -0.1) is 0 Å². The maximum Gasteiger partial charge on any atom is 0.308 e. The molecule has 1 fully saturated rings. The lowest BCUT2D eigenvalue weighted by Crippen LogP contribution is -2.30. The summed E-state index contributed by atoms with van der Waals surface area (Å²) in [5.41, 5.74) is 3.52. The topological polar surface area (TPSA) is 62.5 Å². The first kappa shape index (κ1) is 18.5. The van der Waals surface area contributed by atoms with Gasteiger partial charge in [0, 0.05) is 42.0 Å². The summed E-state index contributed by atoms with van der Waals surface area (Å²) in [6.45, 7) is 7.38. The number of halogens is 1. The van der Waals surface area contributed by atoms with Crippen LogP contribution in [0.2, 0.25) is 5.02 Å². The van der Waals surface area contributed by atoms with E-state index in [1.807, 2.05) is 39.0 Å². The van der Waals surface area contributed by atoms with Crippen molar-refractivity contribution >= 4 is 23.5 Å². The average molecular weight is 375 g/mol. The van der Waals surface area contributed by atoms with Gasteiger partial charge in [0.05, 0.1) is 11.5 Å². The van der Waals surface area contributed by atoms with E-state index in [0.717, 1.165) is 23.5 Å². The van der Waals surface area contributed by atoms with Crippen molar-refractivity contribution in [2.75, 3.05) is 13.1 Å². The van der Waals surface area contributed by atoms with Crippen molar-refractivity contribution in [2.24, 2.45) is 5.92 Å². The molecule has 1 aromatic heterocycles. The molecular formula is C20H23ClN2O3. The lowest BCUT2D eigenvalue weighted by atomic mass is 9.89. The number of hydrogen-bond donors (Lipinski definition) is 1. The normalized spacial score (nSPS) is 19.8. The standard InChI is InChI=1S/C20H23ClN2O3/c1-4-23-12(2)9-16(13(23)3)19(24)22-10-17(18(11-22)20(25)26)14-5-7-15(21)8-6-14/h5-9,17-18H,4,10-11H2,1-3H3,(H,25,26)/t17-,18+/m0/s1. The quantitative estimate of drug-likeness (QED) is 0.887.